The maximum atomic E-state index is 13.2. The predicted molar refractivity (Wildman–Crippen MR) is 142 cm³/mol. The van der Waals surface area contributed by atoms with Crippen molar-refractivity contribution in [2.45, 2.75) is 6.04 Å². The highest BCUT2D eigenvalue weighted by Crippen LogP contribution is 2.39. The van der Waals surface area contributed by atoms with E-state index in [-0.39, 0.29) is 11.8 Å². The second kappa shape index (κ2) is 9.35. The van der Waals surface area contributed by atoms with Crippen LogP contribution in [0, 0.1) is 0 Å². The summed E-state index contributed by atoms with van der Waals surface area (Å²) in [4.78, 5) is 36.6. The van der Waals surface area contributed by atoms with Gasteiger partial charge in [-0.25, -0.2) is 4.98 Å². The van der Waals surface area contributed by atoms with Crippen LogP contribution >= 0.6 is 34.3 Å². The van der Waals surface area contributed by atoms with Gasteiger partial charge in [0, 0.05) is 60.8 Å². The average Bonchev–Trinajstić information content (AvgIpc) is 3.52. The summed E-state index contributed by atoms with van der Waals surface area (Å²) in [6.07, 6.45) is 0. The third-order valence-corrected chi connectivity index (χ3v) is 9.08. The molecule has 2 aliphatic rings. The minimum Gasteiger partial charge on any atom is -0.335 e. The van der Waals surface area contributed by atoms with Gasteiger partial charge in [-0.05, 0) is 17.2 Å². The van der Waals surface area contributed by atoms with Crippen molar-refractivity contribution in [2.75, 3.05) is 39.3 Å². The number of likely N-dealkylation sites (tertiary alicyclic amines) is 1. The van der Waals surface area contributed by atoms with Crippen molar-refractivity contribution in [1.29, 1.82) is 0 Å². The second-order valence-corrected chi connectivity index (χ2v) is 11.0. The Bertz CT molecular complexity index is 1380. The molecule has 9 heteroatoms. The van der Waals surface area contributed by atoms with Gasteiger partial charge in [0.25, 0.3) is 11.8 Å². The van der Waals surface area contributed by atoms with Gasteiger partial charge >= 0.3 is 0 Å². The molecule has 2 saturated heterocycles. The number of fused-ring (bicyclic) bond motifs is 1. The minimum absolute atomic E-state index is 0.00561. The van der Waals surface area contributed by atoms with E-state index in [4.69, 9.17) is 11.6 Å². The van der Waals surface area contributed by atoms with E-state index < -0.39 is 0 Å². The first-order chi connectivity index (χ1) is 17.1. The smallest absolute Gasteiger partial charge is 0.273 e. The molecule has 35 heavy (non-hydrogen) atoms. The second-order valence-electron chi connectivity index (χ2n) is 8.89. The van der Waals surface area contributed by atoms with E-state index in [0.29, 0.717) is 47.8 Å². The van der Waals surface area contributed by atoms with Crippen LogP contribution in [0.4, 0.5) is 0 Å². The summed E-state index contributed by atoms with van der Waals surface area (Å²) < 4.78 is 1.03. The Morgan fingerprint density at radius 3 is 2.40 bits per heavy atom. The van der Waals surface area contributed by atoms with E-state index in [1.807, 2.05) is 34.1 Å². The molecular formula is C26H23ClN4O2S2. The van der Waals surface area contributed by atoms with Crippen LogP contribution in [0.2, 0.25) is 5.02 Å². The normalized spacial score (nSPS) is 17.1. The zero-order valence-electron chi connectivity index (χ0n) is 18.9. The number of aromatic nitrogens is 1. The van der Waals surface area contributed by atoms with Crippen molar-refractivity contribution in [3.8, 4) is 11.1 Å². The topological polar surface area (TPSA) is 56.8 Å². The first kappa shape index (κ1) is 22.7. The lowest BCUT2D eigenvalue weighted by Gasteiger charge is -2.48. The first-order valence-electron chi connectivity index (χ1n) is 11.6. The van der Waals surface area contributed by atoms with Crippen LogP contribution in [0.15, 0.2) is 59.4 Å². The fourth-order valence-corrected chi connectivity index (χ4v) is 6.82. The highest BCUT2D eigenvalue weighted by molar-refractivity contribution is 7.21. The lowest BCUT2D eigenvalue weighted by Crippen LogP contribution is -2.64. The molecule has 6 rings (SSSR count). The molecule has 0 radical (unpaired) electrons. The predicted octanol–water partition coefficient (Wildman–Crippen LogP) is 4.96. The Morgan fingerprint density at radius 2 is 1.69 bits per heavy atom. The number of thiazole rings is 1. The molecule has 0 saturated carbocycles. The molecule has 0 atom stereocenters. The molecule has 4 heterocycles. The highest BCUT2D eigenvalue weighted by Gasteiger charge is 2.38. The van der Waals surface area contributed by atoms with E-state index in [1.165, 1.54) is 22.7 Å². The van der Waals surface area contributed by atoms with Crippen molar-refractivity contribution in [1.82, 2.24) is 19.7 Å². The summed E-state index contributed by atoms with van der Waals surface area (Å²) in [5.41, 5.74) is 4.48. The Balaban J connectivity index is 1.09. The minimum atomic E-state index is 0.00561. The molecule has 2 aromatic heterocycles. The molecule has 2 amide bonds. The van der Waals surface area contributed by atoms with Crippen LogP contribution in [-0.2, 0) is 0 Å². The molecule has 6 nitrogen and oxygen atoms in total. The van der Waals surface area contributed by atoms with Gasteiger partial charge in [-0.3, -0.25) is 14.5 Å². The van der Waals surface area contributed by atoms with Gasteiger partial charge in [-0.15, -0.1) is 22.7 Å². The van der Waals surface area contributed by atoms with Crippen molar-refractivity contribution in [3.63, 3.8) is 0 Å². The van der Waals surface area contributed by atoms with E-state index >= 15 is 0 Å². The number of thiophene rings is 1. The average molecular weight is 523 g/mol. The van der Waals surface area contributed by atoms with Gasteiger partial charge < -0.3 is 9.80 Å². The van der Waals surface area contributed by atoms with Crippen LogP contribution in [0.1, 0.15) is 20.2 Å². The van der Waals surface area contributed by atoms with E-state index in [2.05, 4.69) is 34.1 Å². The zero-order chi connectivity index (χ0) is 23.9. The number of hydrogen-bond acceptors (Lipinski definition) is 6. The molecule has 0 N–H and O–H groups in total. The molecule has 2 aromatic carbocycles. The molecule has 178 valence electrons. The third-order valence-electron chi connectivity index (χ3n) is 6.85. The van der Waals surface area contributed by atoms with Crippen LogP contribution in [-0.4, -0.2) is 76.8 Å². The summed E-state index contributed by atoms with van der Waals surface area (Å²) in [5, 5.41) is 3.27. The Labute approximate surface area is 216 Å². The van der Waals surface area contributed by atoms with Crippen LogP contribution in [0.25, 0.3) is 21.2 Å². The van der Waals surface area contributed by atoms with Gasteiger partial charge in [0.15, 0.2) is 0 Å². The molecule has 0 spiro atoms. The molecular weight excluding hydrogens is 500 g/mol. The summed E-state index contributed by atoms with van der Waals surface area (Å²) in [7, 11) is 0. The monoisotopic (exact) mass is 522 g/mol. The van der Waals surface area contributed by atoms with Crippen LogP contribution < -0.4 is 0 Å². The summed E-state index contributed by atoms with van der Waals surface area (Å²) in [6, 6.07) is 16.7. The van der Waals surface area contributed by atoms with Crippen molar-refractivity contribution in [2.24, 2.45) is 0 Å². The van der Waals surface area contributed by atoms with Crippen molar-refractivity contribution >= 4 is 56.2 Å². The standard InChI is InChI=1S/C26H23ClN4O2S2/c27-23-20-7-6-18(17-4-2-1-3-5-17)12-22(20)35-24(23)26(33)31-13-19(14-31)29-8-10-30(11-9-29)25(32)21-15-34-16-28-21/h1-7,12,15-16,19H,8-11,13-14H2. The zero-order valence-corrected chi connectivity index (χ0v) is 21.3. The van der Waals surface area contributed by atoms with Gasteiger partial charge in [0.05, 0.1) is 10.5 Å². The molecule has 0 unspecified atom stereocenters. The Morgan fingerprint density at radius 1 is 0.914 bits per heavy atom. The number of halogens is 1. The fourth-order valence-electron chi connectivity index (χ4n) is 4.78. The van der Waals surface area contributed by atoms with E-state index in [0.717, 1.165) is 34.3 Å². The van der Waals surface area contributed by atoms with Gasteiger partial charge in [0.2, 0.25) is 0 Å². The molecule has 0 aliphatic carbocycles. The van der Waals surface area contributed by atoms with E-state index in [1.54, 1.807) is 10.9 Å². The van der Waals surface area contributed by atoms with Crippen LogP contribution in [0.5, 0.6) is 0 Å². The van der Waals surface area contributed by atoms with Crippen molar-refractivity contribution < 1.29 is 9.59 Å². The fraction of sp³-hybridized carbons (Fsp3) is 0.269. The summed E-state index contributed by atoms with van der Waals surface area (Å²) in [5.74, 6) is 0.0113. The maximum absolute atomic E-state index is 13.2. The van der Waals surface area contributed by atoms with Crippen LogP contribution in [0.3, 0.4) is 0 Å². The number of benzene rings is 2. The molecule has 2 fully saturated rings. The molecule has 0 bridgehead atoms. The number of carbonyl (C=O) groups excluding carboxylic acids is 2. The summed E-state index contributed by atoms with van der Waals surface area (Å²) in [6.45, 7) is 4.39. The van der Waals surface area contributed by atoms with Gasteiger partial charge in [-0.2, -0.15) is 0 Å². The highest BCUT2D eigenvalue weighted by atomic mass is 35.5. The van der Waals surface area contributed by atoms with E-state index in [9.17, 15) is 9.59 Å². The lowest BCUT2D eigenvalue weighted by atomic mass is 10.0. The quantitative estimate of drug-likeness (QED) is 0.380. The van der Waals surface area contributed by atoms with Gasteiger partial charge in [0.1, 0.15) is 10.6 Å². The molecule has 2 aliphatic heterocycles. The largest absolute Gasteiger partial charge is 0.335 e. The third kappa shape index (κ3) is 4.25. The SMILES string of the molecule is O=C(c1cscn1)N1CCN(C2CN(C(=O)c3sc4cc(-c5ccccc5)ccc4c3Cl)C2)CC1. The maximum Gasteiger partial charge on any atom is 0.273 e. The molecule has 4 aromatic rings. The lowest BCUT2D eigenvalue weighted by molar-refractivity contribution is 0.00871. The number of rotatable bonds is 4. The summed E-state index contributed by atoms with van der Waals surface area (Å²) >= 11 is 9.57. The number of piperazine rings is 1. The number of amides is 2. The Kier molecular flexibility index (Phi) is 6.06. The number of hydrogen-bond donors (Lipinski definition) is 0. The Hall–Kier alpha value is -2.78. The number of nitrogens with zero attached hydrogens (tertiary/aromatic N) is 4. The number of carbonyl (C=O) groups is 2. The van der Waals surface area contributed by atoms with Gasteiger partial charge in [-0.1, -0.05) is 54.1 Å². The van der Waals surface area contributed by atoms with Crippen molar-refractivity contribution in [3.05, 3.63) is 75.0 Å². The first-order valence-corrected chi connectivity index (χ1v) is 13.7.